The molecule has 0 saturated carbocycles. The van der Waals surface area contributed by atoms with Gasteiger partial charge in [-0.25, -0.2) is 0 Å². The first kappa shape index (κ1) is 31.9. The summed E-state index contributed by atoms with van der Waals surface area (Å²) >= 11 is 7.16. The third-order valence-corrected chi connectivity index (χ3v) is 10.3. The van der Waals surface area contributed by atoms with Crippen LogP contribution in [-0.2, 0) is 17.3 Å². The van der Waals surface area contributed by atoms with Gasteiger partial charge in [-0.05, 0) is 78.3 Å². The predicted octanol–water partition coefficient (Wildman–Crippen LogP) is 8.69. The van der Waals surface area contributed by atoms with Crippen molar-refractivity contribution in [2.45, 2.75) is 35.7 Å². The average molecular weight is 650 g/mol. The largest absolute Gasteiger partial charge is 0.485 e. The highest BCUT2D eigenvalue weighted by Gasteiger charge is 2.33. The Morgan fingerprint density at radius 1 is 0.800 bits per heavy atom. The fourth-order valence-electron chi connectivity index (χ4n) is 6.16. The van der Waals surface area contributed by atoms with Gasteiger partial charge in [0.15, 0.2) is 5.05 Å². The zero-order chi connectivity index (χ0) is 31.4. The molecular formula is C36H38F3N3OS2. The van der Waals surface area contributed by atoms with Crippen LogP contribution in [-0.4, -0.2) is 67.3 Å². The molecule has 0 radical (unpaired) electrons. The van der Waals surface area contributed by atoms with Crippen LogP contribution in [0, 0.1) is 5.92 Å². The fraction of sp³-hybridized carbons (Fsp3) is 0.361. The van der Waals surface area contributed by atoms with Crippen molar-refractivity contribution in [3.8, 4) is 0 Å². The SMILES string of the molecule is CC(Cc1ccc2ccccc2c1)C(=S)OCCN1CCN(CCCN2c3ccccc3Sc3ccc(C(F)(F)F)cc32)CC1. The number of halogens is 3. The number of anilines is 2. The highest BCUT2D eigenvalue weighted by molar-refractivity contribution is 7.99. The summed E-state index contributed by atoms with van der Waals surface area (Å²) in [5.41, 5.74) is 2.28. The van der Waals surface area contributed by atoms with Gasteiger partial charge in [0.1, 0.15) is 6.61 Å². The number of fused-ring (bicyclic) bond motifs is 3. The fourth-order valence-corrected chi connectivity index (χ4v) is 7.40. The normalized spacial score (nSPS) is 16.3. The molecule has 0 bridgehead atoms. The first-order valence-electron chi connectivity index (χ1n) is 15.6. The smallest absolute Gasteiger partial charge is 0.416 e. The van der Waals surface area contributed by atoms with Gasteiger partial charge in [-0.3, -0.25) is 4.90 Å². The van der Waals surface area contributed by atoms with Gasteiger partial charge < -0.3 is 14.5 Å². The van der Waals surface area contributed by atoms with Crippen molar-refractivity contribution < 1.29 is 17.9 Å². The number of thiocarbonyl (C=S) groups is 1. The Hall–Kier alpha value is -3.11. The highest BCUT2D eigenvalue weighted by atomic mass is 32.2. The molecule has 0 spiro atoms. The summed E-state index contributed by atoms with van der Waals surface area (Å²) in [5, 5.41) is 3.16. The molecule has 4 aromatic carbocycles. The van der Waals surface area contributed by atoms with Gasteiger partial charge in [0.25, 0.3) is 0 Å². The molecule has 2 heterocycles. The third-order valence-electron chi connectivity index (χ3n) is 8.68. The Labute approximate surface area is 273 Å². The molecule has 2 aliphatic rings. The first-order valence-corrected chi connectivity index (χ1v) is 16.8. The van der Waals surface area contributed by atoms with Crippen LogP contribution in [0.5, 0.6) is 0 Å². The summed E-state index contributed by atoms with van der Waals surface area (Å²) in [6.07, 6.45) is -2.64. The van der Waals surface area contributed by atoms with Gasteiger partial charge >= 0.3 is 6.18 Å². The zero-order valence-electron chi connectivity index (χ0n) is 25.4. The van der Waals surface area contributed by atoms with E-state index in [0.717, 1.165) is 67.6 Å². The maximum absolute atomic E-state index is 13.5. The molecule has 2 aliphatic heterocycles. The molecule has 45 heavy (non-hydrogen) atoms. The minimum absolute atomic E-state index is 0.162. The molecular weight excluding hydrogens is 612 g/mol. The second-order valence-corrected chi connectivity index (χ2v) is 13.4. The number of piperazine rings is 1. The molecule has 0 N–H and O–H groups in total. The Bertz CT molecular complexity index is 1640. The number of nitrogens with zero attached hydrogens (tertiary/aromatic N) is 3. The van der Waals surface area contributed by atoms with E-state index in [2.05, 4.69) is 64.1 Å². The monoisotopic (exact) mass is 649 g/mol. The summed E-state index contributed by atoms with van der Waals surface area (Å²) < 4.78 is 46.6. The second-order valence-electron chi connectivity index (χ2n) is 11.9. The molecule has 1 saturated heterocycles. The van der Waals surface area contributed by atoms with Crippen molar-refractivity contribution in [1.29, 1.82) is 0 Å². The quantitative estimate of drug-likeness (QED) is 0.159. The number of para-hydroxylation sites is 1. The van der Waals surface area contributed by atoms with Crippen molar-refractivity contribution in [2.24, 2.45) is 5.92 Å². The van der Waals surface area contributed by atoms with Crippen molar-refractivity contribution in [2.75, 3.05) is 57.3 Å². The molecule has 0 aliphatic carbocycles. The maximum Gasteiger partial charge on any atom is 0.416 e. The van der Waals surface area contributed by atoms with Crippen molar-refractivity contribution in [3.63, 3.8) is 0 Å². The van der Waals surface area contributed by atoms with E-state index in [1.807, 2.05) is 24.3 Å². The van der Waals surface area contributed by atoms with Crippen LogP contribution in [0.25, 0.3) is 10.8 Å². The highest BCUT2D eigenvalue weighted by Crippen LogP contribution is 2.49. The van der Waals surface area contributed by atoms with Crippen molar-refractivity contribution in [3.05, 3.63) is 96.1 Å². The van der Waals surface area contributed by atoms with Crippen LogP contribution in [0.3, 0.4) is 0 Å². The standard InChI is InChI=1S/C36H38F3N3OS2/c1-26(23-27-11-12-28-7-2-3-8-29(28)24-27)35(44)43-22-21-41-19-17-40(18-20-41)15-6-16-42-31-9-4-5-10-33(31)45-34-14-13-30(25-32(34)42)36(37,38)39/h2-5,7-14,24-26H,6,15-23H2,1H3. The molecule has 1 unspecified atom stereocenters. The number of alkyl halides is 3. The van der Waals surface area contributed by atoms with E-state index in [9.17, 15) is 13.2 Å². The summed E-state index contributed by atoms with van der Waals surface area (Å²) in [6.45, 7) is 8.98. The molecule has 6 rings (SSSR count). The van der Waals surface area contributed by atoms with Gasteiger partial charge in [-0.1, -0.05) is 73.3 Å². The molecule has 4 aromatic rings. The van der Waals surface area contributed by atoms with Crippen LogP contribution < -0.4 is 4.90 Å². The van der Waals surface area contributed by atoms with E-state index in [4.69, 9.17) is 17.0 Å². The van der Waals surface area contributed by atoms with Crippen LogP contribution in [0.2, 0.25) is 0 Å². The van der Waals surface area contributed by atoms with E-state index in [1.165, 1.54) is 40.2 Å². The van der Waals surface area contributed by atoms with Gasteiger partial charge in [0.2, 0.25) is 0 Å². The Morgan fingerprint density at radius 2 is 1.49 bits per heavy atom. The minimum Gasteiger partial charge on any atom is -0.485 e. The third kappa shape index (κ3) is 7.83. The lowest BCUT2D eigenvalue weighted by Gasteiger charge is -2.36. The lowest BCUT2D eigenvalue weighted by molar-refractivity contribution is -0.137. The van der Waals surface area contributed by atoms with E-state index >= 15 is 0 Å². The molecule has 1 fully saturated rings. The van der Waals surface area contributed by atoms with Crippen LogP contribution in [0.4, 0.5) is 24.5 Å². The summed E-state index contributed by atoms with van der Waals surface area (Å²) in [5.74, 6) is 0.162. The van der Waals surface area contributed by atoms with Gasteiger partial charge in [0, 0.05) is 55.0 Å². The van der Waals surface area contributed by atoms with E-state index in [-0.39, 0.29) is 5.92 Å². The second kappa shape index (κ2) is 14.1. The van der Waals surface area contributed by atoms with E-state index in [1.54, 1.807) is 6.07 Å². The van der Waals surface area contributed by atoms with Gasteiger partial charge in [-0.15, -0.1) is 0 Å². The average Bonchev–Trinajstić information content (AvgIpc) is 3.04. The number of ether oxygens (including phenoxy) is 1. The van der Waals surface area contributed by atoms with Crippen LogP contribution in [0.15, 0.2) is 94.7 Å². The number of rotatable bonds is 10. The van der Waals surface area contributed by atoms with Crippen LogP contribution in [0.1, 0.15) is 24.5 Å². The summed E-state index contributed by atoms with van der Waals surface area (Å²) in [4.78, 5) is 8.86. The lowest BCUT2D eigenvalue weighted by Crippen LogP contribution is -2.47. The Kier molecular flexibility index (Phi) is 9.99. The van der Waals surface area contributed by atoms with Crippen LogP contribution >= 0.6 is 24.0 Å². The van der Waals surface area contributed by atoms with E-state index in [0.29, 0.717) is 23.9 Å². The minimum atomic E-state index is -4.37. The summed E-state index contributed by atoms with van der Waals surface area (Å²) in [6, 6.07) is 27.0. The van der Waals surface area contributed by atoms with Gasteiger partial charge in [-0.2, -0.15) is 13.2 Å². The molecule has 236 valence electrons. The number of benzene rings is 4. The molecule has 0 amide bonds. The van der Waals surface area contributed by atoms with E-state index < -0.39 is 11.7 Å². The first-order chi connectivity index (χ1) is 21.7. The predicted molar refractivity (Wildman–Crippen MR) is 182 cm³/mol. The van der Waals surface area contributed by atoms with Crippen molar-refractivity contribution >= 4 is 51.2 Å². The lowest BCUT2D eigenvalue weighted by atomic mass is 9.99. The van der Waals surface area contributed by atoms with Crippen molar-refractivity contribution in [1.82, 2.24) is 9.80 Å². The molecule has 1 atom stereocenters. The number of hydrogen-bond acceptors (Lipinski definition) is 6. The Morgan fingerprint density at radius 3 is 2.27 bits per heavy atom. The topological polar surface area (TPSA) is 19.0 Å². The van der Waals surface area contributed by atoms with Gasteiger partial charge in [0.05, 0.1) is 16.9 Å². The molecule has 0 aromatic heterocycles. The molecule has 4 nitrogen and oxygen atoms in total. The summed E-state index contributed by atoms with van der Waals surface area (Å²) in [7, 11) is 0. The maximum atomic E-state index is 13.5. The zero-order valence-corrected chi connectivity index (χ0v) is 27.1. The Balaban J connectivity index is 0.940. The molecule has 9 heteroatoms. The number of hydrogen-bond donors (Lipinski definition) is 0.